The fourth-order valence-corrected chi connectivity index (χ4v) is 1.79. The van der Waals surface area contributed by atoms with Gasteiger partial charge in [0.05, 0.1) is 12.3 Å². The van der Waals surface area contributed by atoms with Crippen LogP contribution in [0.15, 0.2) is 18.5 Å². The highest BCUT2D eigenvalue weighted by molar-refractivity contribution is 5.19. The Hall–Kier alpha value is -1.79. The summed E-state index contributed by atoms with van der Waals surface area (Å²) in [4.78, 5) is 8.68. The van der Waals surface area contributed by atoms with Gasteiger partial charge in [-0.25, -0.2) is 14.6 Å². The summed E-state index contributed by atoms with van der Waals surface area (Å²) in [5.74, 6) is 0.603. The summed E-state index contributed by atoms with van der Waals surface area (Å²) in [5, 5.41) is 7.61. The monoisotopic (exact) mass is 261 g/mol. The Balaban J connectivity index is 2.00. The fraction of sp³-hybridized carbons (Fsp3) is 0.462. The predicted octanol–water partition coefficient (Wildman–Crippen LogP) is 1.02. The minimum atomic E-state index is 0.603. The van der Waals surface area contributed by atoms with Crippen LogP contribution in [0, 0.1) is 13.8 Å². The summed E-state index contributed by atoms with van der Waals surface area (Å²) in [6.07, 6.45) is 3.64. The van der Waals surface area contributed by atoms with Crippen LogP contribution < -0.4 is 5.32 Å². The van der Waals surface area contributed by atoms with Crippen LogP contribution in [0.5, 0.6) is 0 Å². The Kier molecular flexibility index (Phi) is 4.59. The average molecular weight is 261 g/mol. The molecule has 19 heavy (non-hydrogen) atoms. The smallest absolute Gasteiger partial charge is 0.250 e. The lowest BCUT2D eigenvalue weighted by Crippen LogP contribution is -2.19. The van der Waals surface area contributed by atoms with E-state index in [-0.39, 0.29) is 0 Å². The molecule has 0 saturated heterocycles. The SMILES string of the molecule is COCCNCc1cnc(-n2nc(C)cc2C)nc1. The summed E-state index contributed by atoms with van der Waals surface area (Å²) in [6.45, 7) is 6.20. The molecule has 0 radical (unpaired) electrons. The Morgan fingerprint density at radius 3 is 2.58 bits per heavy atom. The van der Waals surface area contributed by atoms with Crippen molar-refractivity contribution in [3.8, 4) is 5.95 Å². The molecule has 0 aliphatic carbocycles. The van der Waals surface area contributed by atoms with Crippen molar-refractivity contribution in [3.05, 3.63) is 35.4 Å². The molecule has 0 bridgehead atoms. The van der Waals surface area contributed by atoms with Crippen LogP contribution in [0.1, 0.15) is 17.0 Å². The van der Waals surface area contributed by atoms with E-state index in [0.717, 1.165) is 30.0 Å². The van der Waals surface area contributed by atoms with Crippen LogP contribution in [0.25, 0.3) is 5.95 Å². The van der Waals surface area contributed by atoms with Crippen molar-refractivity contribution in [2.75, 3.05) is 20.3 Å². The van der Waals surface area contributed by atoms with Crippen LogP contribution in [0.2, 0.25) is 0 Å². The number of methoxy groups -OCH3 is 1. The van der Waals surface area contributed by atoms with Crippen LogP contribution in [-0.4, -0.2) is 40.0 Å². The lowest BCUT2D eigenvalue weighted by Gasteiger charge is -2.05. The van der Waals surface area contributed by atoms with Gasteiger partial charge in [-0.3, -0.25) is 0 Å². The average Bonchev–Trinajstić information content (AvgIpc) is 2.75. The molecule has 0 aromatic carbocycles. The van der Waals surface area contributed by atoms with Crippen molar-refractivity contribution in [3.63, 3.8) is 0 Å². The van der Waals surface area contributed by atoms with Crippen molar-refractivity contribution < 1.29 is 4.74 Å². The van der Waals surface area contributed by atoms with Crippen LogP contribution >= 0.6 is 0 Å². The van der Waals surface area contributed by atoms with Crippen molar-refractivity contribution >= 4 is 0 Å². The first kappa shape index (κ1) is 13.6. The molecule has 2 heterocycles. The summed E-state index contributed by atoms with van der Waals surface area (Å²) in [5.41, 5.74) is 3.04. The maximum absolute atomic E-state index is 4.97. The van der Waals surface area contributed by atoms with E-state index in [2.05, 4.69) is 20.4 Å². The summed E-state index contributed by atoms with van der Waals surface area (Å²) in [7, 11) is 1.69. The number of ether oxygens (including phenoxy) is 1. The van der Waals surface area contributed by atoms with Gasteiger partial charge in [-0.15, -0.1) is 0 Å². The van der Waals surface area contributed by atoms with Gasteiger partial charge in [0.2, 0.25) is 0 Å². The van der Waals surface area contributed by atoms with Gasteiger partial charge in [0.1, 0.15) is 0 Å². The first-order valence-electron chi connectivity index (χ1n) is 6.25. The van der Waals surface area contributed by atoms with Crippen molar-refractivity contribution in [2.45, 2.75) is 20.4 Å². The van der Waals surface area contributed by atoms with E-state index in [9.17, 15) is 0 Å². The zero-order valence-corrected chi connectivity index (χ0v) is 11.6. The largest absolute Gasteiger partial charge is 0.383 e. The van der Waals surface area contributed by atoms with E-state index in [1.165, 1.54) is 0 Å². The number of aryl methyl sites for hydroxylation is 2. The molecule has 1 N–H and O–H groups in total. The molecule has 0 atom stereocenters. The molecule has 2 rings (SSSR count). The summed E-state index contributed by atoms with van der Waals surface area (Å²) < 4.78 is 6.71. The van der Waals surface area contributed by atoms with E-state index in [0.29, 0.717) is 12.6 Å². The Bertz CT molecular complexity index is 520. The van der Waals surface area contributed by atoms with Gasteiger partial charge in [-0.2, -0.15) is 5.10 Å². The molecule has 0 fully saturated rings. The van der Waals surface area contributed by atoms with E-state index >= 15 is 0 Å². The molecule has 0 spiro atoms. The molecular weight excluding hydrogens is 242 g/mol. The van der Waals surface area contributed by atoms with Gasteiger partial charge in [-0.1, -0.05) is 0 Å². The molecule has 0 aliphatic heterocycles. The number of nitrogens with zero attached hydrogens (tertiary/aromatic N) is 4. The molecule has 6 nitrogen and oxygen atoms in total. The minimum Gasteiger partial charge on any atom is -0.383 e. The predicted molar refractivity (Wildman–Crippen MR) is 72.2 cm³/mol. The Morgan fingerprint density at radius 2 is 2.00 bits per heavy atom. The van der Waals surface area contributed by atoms with E-state index in [1.807, 2.05) is 32.3 Å². The van der Waals surface area contributed by atoms with E-state index in [4.69, 9.17) is 4.74 Å². The highest BCUT2D eigenvalue weighted by Gasteiger charge is 2.06. The maximum Gasteiger partial charge on any atom is 0.250 e. The highest BCUT2D eigenvalue weighted by Crippen LogP contribution is 2.07. The second-order valence-corrected chi connectivity index (χ2v) is 4.40. The van der Waals surface area contributed by atoms with Crippen molar-refractivity contribution in [1.82, 2.24) is 25.1 Å². The normalized spacial score (nSPS) is 10.9. The molecule has 2 aromatic rings. The van der Waals surface area contributed by atoms with Crippen LogP contribution in [0.4, 0.5) is 0 Å². The molecule has 0 amide bonds. The van der Waals surface area contributed by atoms with Gasteiger partial charge < -0.3 is 10.1 Å². The van der Waals surface area contributed by atoms with Crippen LogP contribution in [0.3, 0.4) is 0 Å². The van der Waals surface area contributed by atoms with Crippen molar-refractivity contribution in [2.24, 2.45) is 0 Å². The number of hydrogen-bond acceptors (Lipinski definition) is 5. The number of hydrogen-bond donors (Lipinski definition) is 1. The molecule has 0 saturated carbocycles. The molecule has 0 aliphatic rings. The quantitative estimate of drug-likeness (QED) is 0.786. The van der Waals surface area contributed by atoms with Crippen LogP contribution in [-0.2, 0) is 11.3 Å². The molecular formula is C13H19N5O. The second kappa shape index (κ2) is 6.40. The van der Waals surface area contributed by atoms with E-state index in [1.54, 1.807) is 11.8 Å². The van der Waals surface area contributed by atoms with E-state index < -0.39 is 0 Å². The summed E-state index contributed by atoms with van der Waals surface area (Å²) >= 11 is 0. The first-order valence-corrected chi connectivity index (χ1v) is 6.25. The molecule has 2 aromatic heterocycles. The fourth-order valence-electron chi connectivity index (χ4n) is 1.79. The summed E-state index contributed by atoms with van der Waals surface area (Å²) in [6, 6.07) is 2.00. The maximum atomic E-state index is 4.97. The van der Waals surface area contributed by atoms with Gasteiger partial charge >= 0.3 is 0 Å². The Morgan fingerprint density at radius 1 is 1.26 bits per heavy atom. The van der Waals surface area contributed by atoms with Gasteiger partial charge in [0.15, 0.2) is 0 Å². The minimum absolute atomic E-state index is 0.603. The standard InChI is InChI=1S/C13H19N5O/c1-10-6-11(2)18(17-10)13-15-8-12(9-16-13)7-14-4-5-19-3/h6,8-9,14H,4-5,7H2,1-3H3. The second-order valence-electron chi connectivity index (χ2n) is 4.40. The zero-order valence-electron chi connectivity index (χ0n) is 11.6. The number of nitrogens with one attached hydrogen (secondary N) is 1. The lowest BCUT2D eigenvalue weighted by atomic mass is 10.3. The third-order valence-electron chi connectivity index (χ3n) is 2.70. The lowest BCUT2D eigenvalue weighted by molar-refractivity contribution is 0.199. The molecule has 0 unspecified atom stereocenters. The zero-order chi connectivity index (χ0) is 13.7. The van der Waals surface area contributed by atoms with Gasteiger partial charge in [0.25, 0.3) is 5.95 Å². The Labute approximate surface area is 112 Å². The highest BCUT2D eigenvalue weighted by atomic mass is 16.5. The third kappa shape index (κ3) is 3.59. The topological polar surface area (TPSA) is 64.9 Å². The van der Waals surface area contributed by atoms with Gasteiger partial charge in [-0.05, 0) is 19.9 Å². The first-order chi connectivity index (χ1) is 9.20. The molecule has 6 heteroatoms. The number of rotatable bonds is 6. The van der Waals surface area contributed by atoms with Gasteiger partial charge in [0, 0.05) is 43.9 Å². The van der Waals surface area contributed by atoms with Crippen molar-refractivity contribution in [1.29, 1.82) is 0 Å². The number of aromatic nitrogens is 4. The third-order valence-corrected chi connectivity index (χ3v) is 2.70. The molecule has 102 valence electrons.